The molecule has 0 unspecified atom stereocenters. The van der Waals surface area contributed by atoms with Crippen LogP contribution in [0.3, 0.4) is 0 Å². The Morgan fingerprint density at radius 2 is 1.71 bits per heavy atom. The SMILES string of the molecule is Nc1ccc(OCCOC2CCCCC2)cc1. The molecule has 0 bridgehead atoms. The normalized spacial score (nSPS) is 16.9. The third-order valence-electron chi connectivity index (χ3n) is 3.14. The predicted molar refractivity (Wildman–Crippen MR) is 69.2 cm³/mol. The highest BCUT2D eigenvalue weighted by atomic mass is 16.5. The molecule has 0 radical (unpaired) electrons. The molecule has 0 aliphatic heterocycles. The molecule has 1 aromatic rings. The Hall–Kier alpha value is -1.22. The van der Waals surface area contributed by atoms with Crippen molar-refractivity contribution in [2.75, 3.05) is 18.9 Å². The van der Waals surface area contributed by atoms with Crippen LogP contribution in [0, 0.1) is 0 Å². The summed E-state index contributed by atoms with van der Waals surface area (Å²) in [4.78, 5) is 0. The van der Waals surface area contributed by atoms with Crippen LogP contribution < -0.4 is 10.5 Å². The first-order valence-corrected chi connectivity index (χ1v) is 6.44. The lowest BCUT2D eigenvalue weighted by atomic mass is 9.98. The number of anilines is 1. The molecule has 3 nitrogen and oxygen atoms in total. The van der Waals surface area contributed by atoms with Crippen molar-refractivity contribution in [2.24, 2.45) is 0 Å². The van der Waals surface area contributed by atoms with E-state index >= 15 is 0 Å². The molecule has 3 heteroatoms. The minimum absolute atomic E-state index is 0.457. The summed E-state index contributed by atoms with van der Waals surface area (Å²) in [6.07, 6.45) is 6.86. The molecule has 0 aromatic heterocycles. The Kier molecular flexibility index (Phi) is 4.68. The summed E-state index contributed by atoms with van der Waals surface area (Å²) >= 11 is 0. The van der Waals surface area contributed by atoms with Gasteiger partial charge in [-0.05, 0) is 37.1 Å². The molecule has 0 saturated heterocycles. The quantitative estimate of drug-likeness (QED) is 0.630. The van der Waals surface area contributed by atoms with Crippen LogP contribution in [0.15, 0.2) is 24.3 Å². The Morgan fingerprint density at radius 3 is 2.41 bits per heavy atom. The van der Waals surface area contributed by atoms with Crippen LogP contribution in [-0.2, 0) is 4.74 Å². The van der Waals surface area contributed by atoms with E-state index in [1.807, 2.05) is 24.3 Å². The molecule has 1 aliphatic carbocycles. The van der Waals surface area contributed by atoms with E-state index in [4.69, 9.17) is 15.2 Å². The van der Waals surface area contributed by atoms with Gasteiger partial charge in [0.25, 0.3) is 0 Å². The van der Waals surface area contributed by atoms with Crippen molar-refractivity contribution in [3.8, 4) is 5.75 Å². The van der Waals surface area contributed by atoms with Crippen molar-refractivity contribution in [3.63, 3.8) is 0 Å². The van der Waals surface area contributed by atoms with Gasteiger partial charge in [-0.2, -0.15) is 0 Å². The summed E-state index contributed by atoms with van der Waals surface area (Å²) in [5, 5.41) is 0. The van der Waals surface area contributed by atoms with Gasteiger partial charge in [-0.25, -0.2) is 0 Å². The van der Waals surface area contributed by atoms with E-state index in [9.17, 15) is 0 Å². The van der Waals surface area contributed by atoms with Gasteiger partial charge in [0.1, 0.15) is 12.4 Å². The average molecular weight is 235 g/mol. The number of benzene rings is 1. The van der Waals surface area contributed by atoms with Gasteiger partial charge < -0.3 is 15.2 Å². The Balaban J connectivity index is 1.60. The lowest BCUT2D eigenvalue weighted by Crippen LogP contribution is -2.19. The van der Waals surface area contributed by atoms with E-state index in [2.05, 4.69) is 0 Å². The average Bonchev–Trinajstić information content (AvgIpc) is 2.38. The van der Waals surface area contributed by atoms with Crippen LogP contribution in [0.5, 0.6) is 5.75 Å². The zero-order chi connectivity index (χ0) is 11.9. The summed E-state index contributed by atoms with van der Waals surface area (Å²) in [5.41, 5.74) is 6.36. The van der Waals surface area contributed by atoms with Gasteiger partial charge in [0.2, 0.25) is 0 Å². The molecule has 0 heterocycles. The second-order valence-electron chi connectivity index (χ2n) is 4.55. The van der Waals surface area contributed by atoms with Crippen molar-refractivity contribution >= 4 is 5.69 Å². The van der Waals surface area contributed by atoms with Crippen molar-refractivity contribution in [2.45, 2.75) is 38.2 Å². The molecule has 2 N–H and O–H groups in total. The highest BCUT2D eigenvalue weighted by Crippen LogP contribution is 2.20. The predicted octanol–water partition coefficient (Wildman–Crippen LogP) is 3.00. The fraction of sp³-hybridized carbons (Fsp3) is 0.571. The second-order valence-corrected chi connectivity index (χ2v) is 4.55. The van der Waals surface area contributed by atoms with Gasteiger partial charge >= 0.3 is 0 Å². The minimum Gasteiger partial charge on any atom is -0.491 e. The molecule has 1 fully saturated rings. The Morgan fingerprint density at radius 1 is 1.00 bits per heavy atom. The molecule has 0 atom stereocenters. The van der Waals surface area contributed by atoms with Crippen LogP contribution in [0.4, 0.5) is 5.69 Å². The van der Waals surface area contributed by atoms with Crippen molar-refractivity contribution in [1.82, 2.24) is 0 Å². The molecular weight excluding hydrogens is 214 g/mol. The van der Waals surface area contributed by atoms with E-state index in [1.54, 1.807) is 0 Å². The second kappa shape index (κ2) is 6.50. The molecule has 0 amide bonds. The molecule has 1 aliphatic rings. The maximum Gasteiger partial charge on any atom is 0.119 e. The fourth-order valence-corrected chi connectivity index (χ4v) is 2.17. The number of hydrogen-bond acceptors (Lipinski definition) is 3. The fourth-order valence-electron chi connectivity index (χ4n) is 2.17. The van der Waals surface area contributed by atoms with Crippen molar-refractivity contribution in [3.05, 3.63) is 24.3 Å². The first-order valence-electron chi connectivity index (χ1n) is 6.44. The first kappa shape index (κ1) is 12.2. The molecular formula is C14H21NO2. The van der Waals surface area contributed by atoms with E-state index in [-0.39, 0.29) is 0 Å². The van der Waals surface area contributed by atoms with Gasteiger partial charge in [0.05, 0.1) is 12.7 Å². The number of hydrogen-bond donors (Lipinski definition) is 1. The summed E-state index contributed by atoms with van der Waals surface area (Å²) in [6, 6.07) is 7.46. The molecule has 1 saturated carbocycles. The molecule has 94 valence electrons. The van der Waals surface area contributed by atoms with Gasteiger partial charge in [-0.15, -0.1) is 0 Å². The minimum atomic E-state index is 0.457. The van der Waals surface area contributed by atoms with Crippen LogP contribution in [0.2, 0.25) is 0 Å². The van der Waals surface area contributed by atoms with Gasteiger partial charge in [0, 0.05) is 5.69 Å². The lowest BCUT2D eigenvalue weighted by Gasteiger charge is -2.21. The highest BCUT2D eigenvalue weighted by molar-refractivity contribution is 5.41. The van der Waals surface area contributed by atoms with Crippen LogP contribution >= 0.6 is 0 Å². The van der Waals surface area contributed by atoms with E-state index in [1.165, 1.54) is 32.1 Å². The van der Waals surface area contributed by atoms with Crippen molar-refractivity contribution in [1.29, 1.82) is 0 Å². The van der Waals surface area contributed by atoms with E-state index < -0.39 is 0 Å². The maximum absolute atomic E-state index is 5.78. The molecule has 17 heavy (non-hydrogen) atoms. The number of nitrogen functional groups attached to an aromatic ring is 1. The van der Waals surface area contributed by atoms with Gasteiger partial charge in [0.15, 0.2) is 0 Å². The Labute approximate surface area is 103 Å². The van der Waals surface area contributed by atoms with Crippen LogP contribution in [0.25, 0.3) is 0 Å². The third kappa shape index (κ3) is 4.27. The summed E-state index contributed by atoms with van der Waals surface area (Å²) in [7, 11) is 0. The topological polar surface area (TPSA) is 44.5 Å². The number of rotatable bonds is 5. The summed E-state index contributed by atoms with van der Waals surface area (Å²) in [5.74, 6) is 0.853. The summed E-state index contributed by atoms with van der Waals surface area (Å²) in [6.45, 7) is 1.29. The van der Waals surface area contributed by atoms with Gasteiger partial charge in [-0.3, -0.25) is 0 Å². The van der Waals surface area contributed by atoms with Gasteiger partial charge in [-0.1, -0.05) is 19.3 Å². The first-order chi connectivity index (χ1) is 8.34. The van der Waals surface area contributed by atoms with Crippen LogP contribution in [-0.4, -0.2) is 19.3 Å². The Bertz CT molecular complexity index is 317. The lowest BCUT2D eigenvalue weighted by molar-refractivity contribution is 0.0129. The monoisotopic (exact) mass is 235 g/mol. The standard InChI is InChI=1S/C14H21NO2/c15-12-6-8-14(9-7-12)17-11-10-16-13-4-2-1-3-5-13/h6-9,13H,1-5,10-11,15H2. The zero-order valence-corrected chi connectivity index (χ0v) is 10.2. The zero-order valence-electron chi connectivity index (χ0n) is 10.2. The van der Waals surface area contributed by atoms with E-state index in [0.29, 0.717) is 19.3 Å². The number of ether oxygens (including phenoxy) is 2. The maximum atomic E-state index is 5.78. The summed E-state index contributed by atoms with van der Waals surface area (Å²) < 4.78 is 11.4. The molecule has 2 rings (SSSR count). The van der Waals surface area contributed by atoms with Crippen LogP contribution in [0.1, 0.15) is 32.1 Å². The number of nitrogens with two attached hydrogens (primary N) is 1. The smallest absolute Gasteiger partial charge is 0.119 e. The molecule has 1 aromatic carbocycles. The van der Waals surface area contributed by atoms with Crippen molar-refractivity contribution < 1.29 is 9.47 Å². The largest absolute Gasteiger partial charge is 0.491 e. The molecule has 0 spiro atoms. The van der Waals surface area contributed by atoms with E-state index in [0.717, 1.165) is 11.4 Å². The third-order valence-corrected chi connectivity index (χ3v) is 3.14. The highest BCUT2D eigenvalue weighted by Gasteiger charge is 2.13.